The van der Waals surface area contributed by atoms with E-state index in [1.54, 1.807) is 6.92 Å². The molecule has 0 aliphatic heterocycles. The molecule has 0 saturated heterocycles. The number of hydrogen-bond acceptors (Lipinski definition) is 3. The lowest BCUT2D eigenvalue weighted by Gasteiger charge is -2.08. The van der Waals surface area contributed by atoms with Crippen LogP contribution < -0.4 is 5.32 Å². The SMILES string of the molecule is Cc1ccc(F)c(Nc2ncc(Br)cn2)c1F. The smallest absolute Gasteiger partial charge is 0.227 e. The first-order valence-corrected chi connectivity index (χ1v) is 5.56. The normalized spacial score (nSPS) is 10.4. The van der Waals surface area contributed by atoms with Gasteiger partial charge in [0.05, 0.1) is 4.47 Å². The molecule has 0 unspecified atom stereocenters. The van der Waals surface area contributed by atoms with Crippen LogP contribution in [0.5, 0.6) is 0 Å². The van der Waals surface area contributed by atoms with Crippen LogP contribution in [0.3, 0.4) is 0 Å². The van der Waals surface area contributed by atoms with Gasteiger partial charge in [0.2, 0.25) is 5.95 Å². The van der Waals surface area contributed by atoms with Crippen LogP contribution in [0.4, 0.5) is 20.4 Å². The van der Waals surface area contributed by atoms with Gasteiger partial charge in [0, 0.05) is 12.4 Å². The van der Waals surface area contributed by atoms with Crippen LogP contribution in [0.15, 0.2) is 29.0 Å². The Kier molecular flexibility index (Phi) is 3.33. The van der Waals surface area contributed by atoms with Crippen molar-refractivity contribution in [1.29, 1.82) is 0 Å². The van der Waals surface area contributed by atoms with Gasteiger partial charge in [-0.2, -0.15) is 0 Å². The molecular formula is C11H8BrF2N3. The summed E-state index contributed by atoms with van der Waals surface area (Å²) in [6.07, 6.45) is 2.97. The fourth-order valence-electron chi connectivity index (χ4n) is 1.26. The van der Waals surface area contributed by atoms with E-state index in [0.717, 1.165) is 0 Å². The van der Waals surface area contributed by atoms with E-state index in [9.17, 15) is 8.78 Å². The van der Waals surface area contributed by atoms with Crippen molar-refractivity contribution < 1.29 is 8.78 Å². The Morgan fingerprint density at radius 1 is 1.18 bits per heavy atom. The third kappa shape index (κ3) is 2.58. The van der Waals surface area contributed by atoms with Crippen molar-refractivity contribution in [3.8, 4) is 0 Å². The molecule has 88 valence electrons. The van der Waals surface area contributed by atoms with E-state index in [1.807, 2.05) is 0 Å². The van der Waals surface area contributed by atoms with Crippen molar-refractivity contribution in [1.82, 2.24) is 9.97 Å². The van der Waals surface area contributed by atoms with Gasteiger partial charge in [0.15, 0.2) is 5.82 Å². The topological polar surface area (TPSA) is 37.8 Å². The molecule has 0 atom stereocenters. The van der Waals surface area contributed by atoms with E-state index in [4.69, 9.17) is 0 Å². The maximum absolute atomic E-state index is 13.7. The predicted octanol–water partition coefficient (Wildman–Crippen LogP) is 3.57. The van der Waals surface area contributed by atoms with Crippen LogP contribution in [0.25, 0.3) is 0 Å². The first-order valence-electron chi connectivity index (χ1n) is 4.77. The molecule has 0 spiro atoms. The highest BCUT2D eigenvalue weighted by Crippen LogP contribution is 2.24. The van der Waals surface area contributed by atoms with Gasteiger partial charge >= 0.3 is 0 Å². The summed E-state index contributed by atoms with van der Waals surface area (Å²) in [6.45, 7) is 1.56. The zero-order valence-electron chi connectivity index (χ0n) is 8.84. The van der Waals surface area contributed by atoms with Gasteiger partial charge in [-0.05, 0) is 34.5 Å². The summed E-state index contributed by atoms with van der Waals surface area (Å²) >= 11 is 3.17. The zero-order valence-corrected chi connectivity index (χ0v) is 10.4. The average Bonchev–Trinajstić information content (AvgIpc) is 2.32. The lowest BCUT2D eigenvalue weighted by Crippen LogP contribution is -2.02. The molecule has 17 heavy (non-hydrogen) atoms. The Balaban J connectivity index is 2.36. The van der Waals surface area contributed by atoms with E-state index in [2.05, 4.69) is 31.2 Å². The van der Waals surface area contributed by atoms with Crippen LogP contribution in [-0.4, -0.2) is 9.97 Å². The van der Waals surface area contributed by atoms with Crippen molar-refractivity contribution in [3.05, 3.63) is 46.2 Å². The molecule has 2 rings (SSSR count). The summed E-state index contributed by atoms with van der Waals surface area (Å²) in [5, 5.41) is 2.52. The predicted molar refractivity (Wildman–Crippen MR) is 64.1 cm³/mol. The van der Waals surface area contributed by atoms with Crippen LogP contribution in [0.1, 0.15) is 5.56 Å². The second kappa shape index (κ2) is 4.75. The molecule has 0 radical (unpaired) electrons. The molecule has 2 aromatic rings. The first kappa shape index (κ1) is 11.9. The summed E-state index contributed by atoms with van der Waals surface area (Å²) in [5.41, 5.74) is 0.110. The highest BCUT2D eigenvalue weighted by molar-refractivity contribution is 9.10. The number of nitrogens with zero attached hydrogens (tertiary/aromatic N) is 2. The summed E-state index contributed by atoms with van der Waals surface area (Å²) in [7, 11) is 0. The molecular weight excluding hydrogens is 292 g/mol. The van der Waals surface area contributed by atoms with Gasteiger partial charge in [-0.15, -0.1) is 0 Å². The maximum Gasteiger partial charge on any atom is 0.227 e. The summed E-state index contributed by atoms with van der Waals surface area (Å²) in [6, 6.07) is 2.57. The van der Waals surface area contributed by atoms with Crippen LogP contribution in [0, 0.1) is 18.6 Å². The zero-order chi connectivity index (χ0) is 12.4. The number of rotatable bonds is 2. The molecule has 3 nitrogen and oxygen atoms in total. The maximum atomic E-state index is 13.7. The number of anilines is 2. The van der Waals surface area contributed by atoms with Crippen LogP contribution in [0.2, 0.25) is 0 Å². The Labute approximate surface area is 105 Å². The van der Waals surface area contributed by atoms with Gasteiger partial charge in [-0.1, -0.05) is 6.07 Å². The Morgan fingerprint density at radius 3 is 2.47 bits per heavy atom. The summed E-state index contributed by atoms with van der Waals surface area (Å²) in [4.78, 5) is 7.77. The standard InChI is InChI=1S/C11H8BrF2N3/c1-6-2-3-8(13)10(9(6)14)17-11-15-4-7(12)5-16-11/h2-5H,1H3,(H,15,16,17). The molecule has 0 amide bonds. The van der Waals surface area contributed by atoms with E-state index < -0.39 is 11.6 Å². The Morgan fingerprint density at radius 2 is 1.82 bits per heavy atom. The first-order chi connectivity index (χ1) is 8.08. The number of benzene rings is 1. The van der Waals surface area contributed by atoms with E-state index in [1.165, 1.54) is 24.5 Å². The van der Waals surface area contributed by atoms with E-state index in [-0.39, 0.29) is 11.6 Å². The second-order valence-electron chi connectivity index (χ2n) is 3.40. The minimum absolute atomic E-state index is 0.136. The molecule has 0 saturated carbocycles. The quantitative estimate of drug-likeness (QED) is 0.921. The van der Waals surface area contributed by atoms with Gasteiger partial charge < -0.3 is 5.32 Å². The molecule has 1 aromatic carbocycles. The minimum atomic E-state index is -0.681. The Hall–Kier alpha value is -1.56. The minimum Gasteiger partial charge on any atom is -0.319 e. The van der Waals surface area contributed by atoms with Crippen molar-refractivity contribution >= 4 is 27.6 Å². The molecule has 6 heteroatoms. The monoisotopic (exact) mass is 299 g/mol. The highest BCUT2D eigenvalue weighted by Gasteiger charge is 2.12. The van der Waals surface area contributed by atoms with E-state index in [0.29, 0.717) is 10.0 Å². The third-order valence-electron chi connectivity index (χ3n) is 2.14. The molecule has 1 heterocycles. The molecule has 1 aromatic heterocycles. The van der Waals surface area contributed by atoms with Crippen molar-refractivity contribution in [2.75, 3.05) is 5.32 Å². The number of nitrogens with one attached hydrogen (secondary N) is 1. The molecule has 0 fully saturated rings. The summed E-state index contributed by atoms with van der Waals surface area (Å²) < 4.78 is 27.8. The average molecular weight is 300 g/mol. The molecule has 1 N–H and O–H groups in total. The second-order valence-corrected chi connectivity index (χ2v) is 4.32. The van der Waals surface area contributed by atoms with Crippen molar-refractivity contribution in [2.24, 2.45) is 0 Å². The lowest BCUT2D eigenvalue weighted by atomic mass is 10.2. The molecule has 0 aliphatic carbocycles. The number of aryl methyl sites for hydroxylation is 1. The van der Waals surface area contributed by atoms with E-state index >= 15 is 0 Å². The largest absolute Gasteiger partial charge is 0.319 e. The number of hydrogen-bond donors (Lipinski definition) is 1. The van der Waals surface area contributed by atoms with Crippen LogP contribution in [-0.2, 0) is 0 Å². The van der Waals surface area contributed by atoms with Crippen LogP contribution >= 0.6 is 15.9 Å². The van der Waals surface area contributed by atoms with Gasteiger partial charge in [0.1, 0.15) is 11.5 Å². The lowest BCUT2D eigenvalue weighted by molar-refractivity contribution is 0.584. The Bertz CT molecular complexity index is 543. The van der Waals surface area contributed by atoms with Crippen molar-refractivity contribution in [2.45, 2.75) is 6.92 Å². The number of halogens is 3. The van der Waals surface area contributed by atoms with Crippen molar-refractivity contribution in [3.63, 3.8) is 0 Å². The molecule has 0 bridgehead atoms. The fraction of sp³-hybridized carbons (Fsp3) is 0.0909. The fourth-order valence-corrected chi connectivity index (χ4v) is 1.46. The third-order valence-corrected chi connectivity index (χ3v) is 2.55. The van der Waals surface area contributed by atoms with Gasteiger partial charge in [-0.25, -0.2) is 18.7 Å². The van der Waals surface area contributed by atoms with Gasteiger partial charge in [-0.3, -0.25) is 0 Å². The molecule has 0 aliphatic rings. The highest BCUT2D eigenvalue weighted by atomic mass is 79.9. The number of aromatic nitrogens is 2. The summed E-state index contributed by atoms with van der Waals surface area (Å²) in [5.74, 6) is -1.19. The van der Waals surface area contributed by atoms with Gasteiger partial charge in [0.25, 0.3) is 0 Å².